The Hall–Kier alpha value is -1.62. The Balaban J connectivity index is 1.80. The van der Waals surface area contributed by atoms with Gasteiger partial charge in [-0.2, -0.15) is 5.10 Å². The van der Waals surface area contributed by atoms with Crippen molar-refractivity contribution in [1.29, 1.82) is 0 Å². The van der Waals surface area contributed by atoms with Crippen molar-refractivity contribution in [3.8, 4) is 0 Å². The summed E-state index contributed by atoms with van der Waals surface area (Å²) in [5.41, 5.74) is 3.98. The zero-order valence-electron chi connectivity index (χ0n) is 12.6. The van der Waals surface area contributed by atoms with E-state index in [0.717, 1.165) is 34.4 Å². The highest BCUT2D eigenvalue weighted by Gasteiger charge is 2.08. The molecular weight excluding hydrogens is 330 g/mol. The highest BCUT2D eigenvalue weighted by atomic mass is 79.9. The highest BCUT2D eigenvalue weighted by Crippen LogP contribution is 2.19. The standard InChI is InChI=1S/C16H20BrN3O/c1-11-5-7-14(8-6-11)16(21)18-9-4-10-20-13(3)15(17)12(2)19-20/h5-8H,4,9-10H2,1-3H3,(H,18,21). The molecule has 0 saturated heterocycles. The maximum absolute atomic E-state index is 12.0. The number of nitrogens with one attached hydrogen (secondary N) is 1. The van der Waals surface area contributed by atoms with Crippen LogP contribution >= 0.6 is 15.9 Å². The summed E-state index contributed by atoms with van der Waals surface area (Å²) in [6.45, 7) is 7.46. The minimum absolute atomic E-state index is 0.0236. The van der Waals surface area contributed by atoms with Crippen molar-refractivity contribution in [3.05, 3.63) is 51.3 Å². The second-order valence-corrected chi connectivity index (χ2v) is 5.98. The molecule has 0 fully saturated rings. The Morgan fingerprint density at radius 2 is 1.90 bits per heavy atom. The Kier molecular flexibility index (Phi) is 5.17. The molecule has 0 aliphatic heterocycles. The SMILES string of the molecule is Cc1ccc(C(=O)NCCCn2nc(C)c(Br)c2C)cc1. The fourth-order valence-corrected chi connectivity index (χ4v) is 2.41. The molecule has 0 bridgehead atoms. The molecule has 2 aromatic rings. The lowest BCUT2D eigenvalue weighted by Gasteiger charge is -2.07. The number of nitrogens with zero attached hydrogens (tertiary/aromatic N) is 2. The summed E-state index contributed by atoms with van der Waals surface area (Å²) in [5, 5.41) is 7.39. The largest absolute Gasteiger partial charge is 0.352 e. The van der Waals surface area contributed by atoms with Gasteiger partial charge in [-0.25, -0.2) is 0 Å². The lowest BCUT2D eigenvalue weighted by Crippen LogP contribution is -2.25. The zero-order chi connectivity index (χ0) is 15.4. The van der Waals surface area contributed by atoms with Crippen LogP contribution in [-0.2, 0) is 6.54 Å². The predicted molar refractivity (Wildman–Crippen MR) is 87.5 cm³/mol. The summed E-state index contributed by atoms with van der Waals surface area (Å²) in [6, 6.07) is 7.59. The van der Waals surface area contributed by atoms with E-state index in [1.54, 1.807) is 0 Å². The van der Waals surface area contributed by atoms with Gasteiger partial charge in [-0.3, -0.25) is 9.48 Å². The average Bonchev–Trinajstić information content (AvgIpc) is 2.71. The van der Waals surface area contributed by atoms with Gasteiger partial charge < -0.3 is 5.32 Å². The number of amides is 1. The Labute approximate surface area is 133 Å². The minimum atomic E-state index is -0.0236. The monoisotopic (exact) mass is 349 g/mol. The number of aromatic nitrogens is 2. The van der Waals surface area contributed by atoms with Crippen LogP contribution in [0, 0.1) is 20.8 Å². The first-order valence-corrected chi connectivity index (χ1v) is 7.82. The Bertz CT molecular complexity index is 632. The lowest BCUT2D eigenvalue weighted by atomic mass is 10.1. The van der Waals surface area contributed by atoms with Crippen LogP contribution in [0.1, 0.15) is 33.7 Å². The molecule has 2 rings (SSSR count). The number of hydrogen-bond acceptors (Lipinski definition) is 2. The van der Waals surface area contributed by atoms with E-state index in [4.69, 9.17) is 0 Å². The van der Waals surface area contributed by atoms with Crippen LogP contribution in [0.15, 0.2) is 28.7 Å². The van der Waals surface area contributed by atoms with Crippen molar-refractivity contribution in [3.63, 3.8) is 0 Å². The molecule has 0 spiro atoms. The fourth-order valence-electron chi connectivity index (χ4n) is 2.13. The number of halogens is 1. The predicted octanol–water partition coefficient (Wildman–Crippen LogP) is 3.39. The first-order chi connectivity index (χ1) is 9.99. The minimum Gasteiger partial charge on any atom is -0.352 e. The number of rotatable bonds is 5. The van der Waals surface area contributed by atoms with Crippen LogP contribution in [0.5, 0.6) is 0 Å². The van der Waals surface area contributed by atoms with Gasteiger partial charge in [-0.05, 0) is 55.3 Å². The molecule has 112 valence electrons. The van der Waals surface area contributed by atoms with Crippen LogP contribution in [-0.4, -0.2) is 22.2 Å². The van der Waals surface area contributed by atoms with E-state index in [2.05, 4.69) is 26.3 Å². The molecule has 0 saturated carbocycles. The van der Waals surface area contributed by atoms with Crippen LogP contribution in [0.4, 0.5) is 0 Å². The quantitative estimate of drug-likeness (QED) is 0.841. The second-order valence-electron chi connectivity index (χ2n) is 5.18. The normalized spacial score (nSPS) is 10.7. The number of aryl methyl sites for hydroxylation is 3. The molecule has 0 unspecified atom stereocenters. The van der Waals surface area contributed by atoms with Gasteiger partial charge in [0, 0.05) is 24.3 Å². The third-order valence-electron chi connectivity index (χ3n) is 3.44. The Morgan fingerprint density at radius 1 is 1.24 bits per heavy atom. The van der Waals surface area contributed by atoms with Gasteiger partial charge in [-0.1, -0.05) is 17.7 Å². The second kappa shape index (κ2) is 6.89. The highest BCUT2D eigenvalue weighted by molar-refractivity contribution is 9.10. The molecule has 0 atom stereocenters. The van der Waals surface area contributed by atoms with E-state index < -0.39 is 0 Å². The van der Waals surface area contributed by atoms with Gasteiger partial charge in [-0.15, -0.1) is 0 Å². The lowest BCUT2D eigenvalue weighted by molar-refractivity contribution is 0.0952. The van der Waals surface area contributed by atoms with Gasteiger partial charge >= 0.3 is 0 Å². The van der Waals surface area contributed by atoms with E-state index in [9.17, 15) is 4.79 Å². The molecule has 1 heterocycles. The summed E-state index contributed by atoms with van der Waals surface area (Å²) in [4.78, 5) is 12.0. The maximum atomic E-state index is 12.0. The van der Waals surface area contributed by atoms with Crippen LogP contribution < -0.4 is 5.32 Å². The molecule has 0 aliphatic carbocycles. The number of carbonyl (C=O) groups is 1. The molecule has 4 nitrogen and oxygen atoms in total. The summed E-state index contributed by atoms with van der Waals surface area (Å²) in [7, 11) is 0. The van der Waals surface area contributed by atoms with Crippen LogP contribution in [0.2, 0.25) is 0 Å². The summed E-state index contributed by atoms with van der Waals surface area (Å²) < 4.78 is 3.03. The molecule has 21 heavy (non-hydrogen) atoms. The zero-order valence-corrected chi connectivity index (χ0v) is 14.2. The number of carbonyl (C=O) groups excluding carboxylic acids is 1. The van der Waals surface area contributed by atoms with Crippen LogP contribution in [0.3, 0.4) is 0 Å². The van der Waals surface area contributed by atoms with Gasteiger partial charge in [0.25, 0.3) is 5.91 Å². The van der Waals surface area contributed by atoms with Crippen molar-refractivity contribution in [1.82, 2.24) is 15.1 Å². The molecular formula is C16H20BrN3O. The van der Waals surface area contributed by atoms with Crippen molar-refractivity contribution in [2.45, 2.75) is 33.7 Å². The fraction of sp³-hybridized carbons (Fsp3) is 0.375. The van der Waals surface area contributed by atoms with Crippen molar-refractivity contribution in [2.75, 3.05) is 6.54 Å². The van der Waals surface area contributed by atoms with Gasteiger partial charge in [0.2, 0.25) is 0 Å². The topological polar surface area (TPSA) is 46.9 Å². The van der Waals surface area contributed by atoms with Gasteiger partial charge in [0.15, 0.2) is 0 Å². The smallest absolute Gasteiger partial charge is 0.251 e. The molecule has 1 aromatic heterocycles. The Morgan fingerprint density at radius 3 is 2.48 bits per heavy atom. The van der Waals surface area contributed by atoms with Crippen molar-refractivity contribution < 1.29 is 4.79 Å². The van der Waals surface area contributed by atoms with E-state index in [-0.39, 0.29) is 5.91 Å². The third kappa shape index (κ3) is 3.94. The molecule has 0 aliphatic rings. The first-order valence-electron chi connectivity index (χ1n) is 7.03. The summed E-state index contributed by atoms with van der Waals surface area (Å²) in [6.07, 6.45) is 0.853. The summed E-state index contributed by atoms with van der Waals surface area (Å²) in [5.74, 6) is -0.0236. The van der Waals surface area contributed by atoms with Crippen LogP contribution in [0.25, 0.3) is 0 Å². The third-order valence-corrected chi connectivity index (χ3v) is 4.59. The summed E-state index contributed by atoms with van der Waals surface area (Å²) >= 11 is 3.52. The van der Waals surface area contributed by atoms with Crippen molar-refractivity contribution in [2.24, 2.45) is 0 Å². The van der Waals surface area contributed by atoms with E-state index in [1.165, 1.54) is 0 Å². The van der Waals surface area contributed by atoms with Crippen molar-refractivity contribution >= 4 is 21.8 Å². The van der Waals surface area contributed by atoms with E-state index in [0.29, 0.717) is 12.1 Å². The molecule has 5 heteroatoms. The first kappa shape index (κ1) is 15.8. The molecule has 1 aromatic carbocycles. The molecule has 1 N–H and O–H groups in total. The number of benzene rings is 1. The van der Waals surface area contributed by atoms with E-state index >= 15 is 0 Å². The van der Waals surface area contributed by atoms with E-state index in [1.807, 2.05) is 49.7 Å². The average molecular weight is 350 g/mol. The molecule has 0 radical (unpaired) electrons. The molecule has 1 amide bonds. The maximum Gasteiger partial charge on any atom is 0.251 e. The number of hydrogen-bond donors (Lipinski definition) is 1. The van der Waals surface area contributed by atoms with Gasteiger partial charge in [0.05, 0.1) is 10.2 Å². The van der Waals surface area contributed by atoms with Gasteiger partial charge in [0.1, 0.15) is 0 Å².